The Morgan fingerprint density at radius 2 is 1.71 bits per heavy atom. The quantitative estimate of drug-likeness (QED) is 0.558. The van der Waals surface area contributed by atoms with E-state index in [1.54, 1.807) is 31.2 Å². The number of carbonyl (C=O) groups excluding carboxylic acids is 1. The van der Waals surface area contributed by atoms with Crippen LogP contribution in [0.25, 0.3) is 0 Å². The average molecular weight is 443 g/mol. The highest BCUT2D eigenvalue weighted by molar-refractivity contribution is 7.89. The Labute approximate surface area is 181 Å². The summed E-state index contributed by atoms with van der Waals surface area (Å²) in [6.45, 7) is 1.77. The molecule has 0 heterocycles. The molecule has 2 N–H and O–H groups in total. The number of benzene rings is 3. The number of aryl methyl sites for hydroxylation is 1. The minimum absolute atomic E-state index is 0.0531. The number of rotatable bonds is 8. The Bertz CT molecular complexity index is 1150. The van der Waals surface area contributed by atoms with Crippen molar-refractivity contribution < 1.29 is 22.3 Å². The van der Waals surface area contributed by atoms with Crippen LogP contribution in [-0.4, -0.2) is 27.5 Å². The van der Waals surface area contributed by atoms with E-state index in [4.69, 9.17) is 4.74 Å². The second-order valence-electron chi connectivity index (χ2n) is 7.01. The van der Waals surface area contributed by atoms with Crippen molar-refractivity contribution in [1.82, 2.24) is 4.72 Å². The Balaban J connectivity index is 1.91. The molecule has 6 nitrogen and oxygen atoms in total. The molecule has 1 atom stereocenters. The lowest BCUT2D eigenvalue weighted by Crippen LogP contribution is -2.45. The third kappa shape index (κ3) is 5.90. The van der Waals surface area contributed by atoms with Crippen molar-refractivity contribution in [1.29, 1.82) is 0 Å². The van der Waals surface area contributed by atoms with Crippen LogP contribution in [-0.2, 0) is 21.2 Å². The maximum Gasteiger partial charge on any atom is 0.245 e. The Hall–Kier alpha value is -3.23. The maximum absolute atomic E-state index is 13.2. The average Bonchev–Trinajstić information content (AvgIpc) is 2.75. The summed E-state index contributed by atoms with van der Waals surface area (Å²) in [5, 5.41) is 2.64. The Morgan fingerprint density at radius 3 is 2.35 bits per heavy atom. The molecule has 0 saturated carbocycles. The molecular weight excluding hydrogens is 419 g/mol. The number of hydrogen-bond acceptors (Lipinski definition) is 4. The first kappa shape index (κ1) is 22.5. The fourth-order valence-corrected chi connectivity index (χ4v) is 4.49. The van der Waals surface area contributed by atoms with Gasteiger partial charge in [0.25, 0.3) is 0 Å². The van der Waals surface area contributed by atoms with E-state index >= 15 is 0 Å². The highest BCUT2D eigenvalue weighted by Gasteiger charge is 2.28. The van der Waals surface area contributed by atoms with Crippen LogP contribution in [0.2, 0.25) is 0 Å². The van der Waals surface area contributed by atoms with Gasteiger partial charge in [0.2, 0.25) is 15.9 Å². The summed E-state index contributed by atoms with van der Waals surface area (Å²) in [7, 11) is -2.70. The third-order valence-electron chi connectivity index (χ3n) is 4.62. The van der Waals surface area contributed by atoms with Gasteiger partial charge in [-0.1, -0.05) is 36.4 Å². The zero-order valence-corrected chi connectivity index (χ0v) is 17.9. The van der Waals surface area contributed by atoms with Gasteiger partial charge in [-0.25, -0.2) is 12.8 Å². The SMILES string of the molecule is COc1ccc(C)cc1S(=O)(=O)NC(Cc1ccccc1)C(=O)Nc1ccc(F)cc1. The van der Waals surface area contributed by atoms with Gasteiger partial charge in [0.05, 0.1) is 7.11 Å². The fraction of sp³-hybridized carbons (Fsp3) is 0.174. The van der Waals surface area contributed by atoms with Gasteiger partial charge in [0.15, 0.2) is 0 Å². The molecule has 0 radical (unpaired) electrons. The number of carbonyl (C=O) groups is 1. The molecule has 0 aromatic heterocycles. The Morgan fingerprint density at radius 1 is 1.03 bits per heavy atom. The molecule has 0 spiro atoms. The minimum atomic E-state index is -4.08. The number of anilines is 1. The summed E-state index contributed by atoms with van der Waals surface area (Å²) >= 11 is 0. The predicted octanol–water partition coefficient (Wildman–Crippen LogP) is 3.67. The zero-order chi connectivity index (χ0) is 22.4. The van der Waals surface area contributed by atoms with Crippen LogP contribution in [0.3, 0.4) is 0 Å². The zero-order valence-electron chi connectivity index (χ0n) is 17.1. The van der Waals surface area contributed by atoms with E-state index in [1.165, 1.54) is 37.4 Å². The van der Waals surface area contributed by atoms with Gasteiger partial charge >= 0.3 is 0 Å². The standard InChI is InChI=1S/C23H23FN2O4S/c1-16-8-13-21(30-2)22(14-16)31(28,29)26-20(15-17-6-4-3-5-7-17)23(27)25-19-11-9-18(24)10-12-19/h3-14,20,26H,15H2,1-2H3,(H,25,27). The molecule has 31 heavy (non-hydrogen) atoms. The first-order chi connectivity index (χ1) is 14.8. The summed E-state index contributed by atoms with van der Waals surface area (Å²) < 4.78 is 47.2. The first-order valence-corrected chi connectivity index (χ1v) is 11.0. The van der Waals surface area contributed by atoms with Crippen molar-refractivity contribution in [3.63, 3.8) is 0 Å². The molecule has 162 valence electrons. The molecule has 8 heteroatoms. The van der Waals surface area contributed by atoms with Gasteiger partial charge in [-0.2, -0.15) is 4.72 Å². The minimum Gasteiger partial charge on any atom is -0.495 e. The lowest BCUT2D eigenvalue weighted by atomic mass is 10.1. The number of hydrogen-bond donors (Lipinski definition) is 2. The molecule has 3 rings (SSSR count). The molecule has 0 saturated heterocycles. The van der Waals surface area contributed by atoms with E-state index < -0.39 is 27.8 Å². The largest absolute Gasteiger partial charge is 0.495 e. The van der Waals surface area contributed by atoms with Crippen LogP contribution >= 0.6 is 0 Å². The number of nitrogens with one attached hydrogen (secondary N) is 2. The number of amides is 1. The van der Waals surface area contributed by atoms with Crippen molar-refractivity contribution in [2.45, 2.75) is 24.3 Å². The van der Waals surface area contributed by atoms with Crippen molar-refractivity contribution in [3.8, 4) is 5.75 Å². The molecule has 0 aliphatic rings. The molecular formula is C23H23FN2O4S. The van der Waals surface area contributed by atoms with Gasteiger partial charge in [-0.15, -0.1) is 0 Å². The van der Waals surface area contributed by atoms with Crippen molar-refractivity contribution in [3.05, 3.63) is 89.7 Å². The number of sulfonamides is 1. The third-order valence-corrected chi connectivity index (χ3v) is 6.11. The number of methoxy groups -OCH3 is 1. The summed E-state index contributed by atoms with van der Waals surface area (Å²) in [5.74, 6) is -0.827. The highest BCUT2D eigenvalue weighted by atomic mass is 32.2. The number of ether oxygens (including phenoxy) is 1. The highest BCUT2D eigenvalue weighted by Crippen LogP contribution is 2.25. The molecule has 3 aromatic carbocycles. The molecule has 1 amide bonds. The molecule has 0 aliphatic carbocycles. The van der Waals surface area contributed by atoms with E-state index in [0.717, 1.165) is 11.1 Å². The van der Waals surface area contributed by atoms with E-state index in [0.29, 0.717) is 5.69 Å². The van der Waals surface area contributed by atoms with E-state index in [9.17, 15) is 17.6 Å². The lowest BCUT2D eigenvalue weighted by molar-refractivity contribution is -0.117. The van der Waals surface area contributed by atoms with E-state index in [2.05, 4.69) is 10.0 Å². The van der Waals surface area contributed by atoms with E-state index in [1.807, 2.05) is 18.2 Å². The summed E-state index contributed by atoms with van der Waals surface area (Å²) in [5.41, 5.74) is 1.87. The molecule has 1 unspecified atom stereocenters. The summed E-state index contributed by atoms with van der Waals surface area (Å²) in [4.78, 5) is 12.9. The molecule has 0 aliphatic heterocycles. The monoisotopic (exact) mass is 442 g/mol. The first-order valence-electron chi connectivity index (χ1n) is 9.56. The topological polar surface area (TPSA) is 84.5 Å². The van der Waals surface area contributed by atoms with Crippen molar-refractivity contribution >= 4 is 21.6 Å². The van der Waals surface area contributed by atoms with Crippen molar-refractivity contribution in [2.24, 2.45) is 0 Å². The van der Waals surface area contributed by atoms with Crippen LogP contribution < -0.4 is 14.8 Å². The fourth-order valence-electron chi connectivity index (χ4n) is 3.04. The van der Waals surface area contributed by atoms with Gasteiger partial charge in [-0.3, -0.25) is 4.79 Å². The van der Waals surface area contributed by atoms with Crippen LogP contribution in [0.4, 0.5) is 10.1 Å². The number of halogens is 1. The van der Waals surface area contributed by atoms with Crippen LogP contribution in [0.5, 0.6) is 5.75 Å². The molecule has 3 aromatic rings. The van der Waals surface area contributed by atoms with E-state index in [-0.39, 0.29) is 17.1 Å². The maximum atomic E-state index is 13.2. The lowest BCUT2D eigenvalue weighted by Gasteiger charge is -2.20. The molecule has 0 bridgehead atoms. The van der Waals surface area contributed by atoms with Crippen LogP contribution in [0.15, 0.2) is 77.7 Å². The predicted molar refractivity (Wildman–Crippen MR) is 117 cm³/mol. The van der Waals surface area contributed by atoms with Crippen LogP contribution in [0, 0.1) is 12.7 Å². The van der Waals surface area contributed by atoms with Crippen LogP contribution in [0.1, 0.15) is 11.1 Å². The van der Waals surface area contributed by atoms with Gasteiger partial charge in [-0.05, 0) is 60.9 Å². The molecule has 0 fully saturated rings. The van der Waals surface area contributed by atoms with Gasteiger partial charge in [0, 0.05) is 5.69 Å². The Kier molecular flexibility index (Phi) is 7.04. The summed E-state index contributed by atoms with van der Waals surface area (Å²) in [6, 6.07) is 18.0. The normalized spacial score (nSPS) is 12.2. The van der Waals surface area contributed by atoms with Gasteiger partial charge in [0.1, 0.15) is 22.5 Å². The summed E-state index contributed by atoms with van der Waals surface area (Å²) in [6.07, 6.45) is 0.126. The second kappa shape index (κ2) is 9.72. The van der Waals surface area contributed by atoms with Crippen molar-refractivity contribution in [2.75, 3.05) is 12.4 Å². The smallest absolute Gasteiger partial charge is 0.245 e. The van der Waals surface area contributed by atoms with Gasteiger partial charge < -0.3 is 10.1 Å². The second-order valence-corrected chi connectivity index (χ2v) is 8.70.